The normalized spacial score (nSPS) is 14.1. The predicted octanol–water partition coefficient (Wildman–Crippen LogP) is 4.07. The van der Waals surface area contributed by atoms with Crippen LogP contribution in [-0.2, 0) is 0 Å². The maximum absolute atomic E-state index is 13.3. The molecule has 7 heteroatoms. The number of hydrogen-bond acceptors (Lipinski definition) is 6. The van der Waals surface area contributed by atoms with Crippen LogP contribution in [0.4, 0.5) is 11.4 Å². The molecule has 0 saturated carbocycles. The number of nitrogens with zero attached hydrogens (tertiary/aromatic N) is 3. The molecule has 3 aromatic rings. The Morgan fingerprint density at radius 2 is 1.93 bits per heavy atom. The van der Waals surface area contributed by atoms with E-state index in [0.29, 0.717) is 22.5 Å². The van der Waals surface area contributed by atoms with Crippen LogP contribution in [0.2, 0.25) is 0 Å². The van der Waals surface area contributed by atoms with Gasteiger partial charge in [0.1, 0.15) is 0 Å². The third-order valence-corrected chi connectivity index (χ3v) is 5.88. The van der Waals surface area contributed by atoms with Crippen molar-refractivity contribution in [3.05, 3.63) is 59.4 Å². The van der Waals surface area contributed by atoms with Crippen molar-refractivity contribution in [1.82, 2.24) is 14.9 Å². The van der Waals surface area contributed by atoms with Crippen LogP contribution in [0.1, 0.15) is 33.3 Å². The van der Waals surface area contributed by atoms with E-state index in [1.807, 2.05) is 47.9 Å². The van der Waals surface area contributed by atoms with Crippen molar-refractivity contribution in [1.29, 1.82) is 0 Å². The first-order valence-electron chi connectivity index (χ1n) is 9.54. The highest BCUT2D eigenvalue weighted by atomic mass is 32.2. The summed E-state index contributed by atoms with van der Waals surface area (Å²) in [6, 6.07) is 11.1. The van der Waals surface area contributed by atoms with Gasteiger partial charge in [-0.15, -0.1) is 0 Å². The molecular weight excluding hydrogens is 384 g/mol. The highest BCUT2D eigenvalue weighted by Crippen LogP contribution is 2.30. The minimum atomic E-state index is -0.0366. The number of aromatic nitrogens is 2. The van der Waals surface area contributed by atoms with Gasteiger partial charge in [-0.2, -0.15) is 11.8 Å². The zero-order chi connectivity index (χ0) is 20.4. The molecule has 0 atom stereocenters. The molecular formula is C22H22N4O2S. The van der Waals surface area contributed by atoms with Crippen LogP contribution in [0.3, 0.4) is 0 Å². The molecule has 1 fully saturated rings. The Kier molecular flexibility index (Phi) is 5.49. The molecule has 6 nitrogen and oxygen atoms in total. The van der Waals surface area contributed by atoms with Crippen LogP contribution in [0, 0.1) is 6.92 Å². The number of ketones is 1. The third-order valence-electron chi connectivity index (χ3n) is 4.94. The Morgan fingerprint density at radius 3 is 2.69 bits per heavy atom. The number of Topliss-reactive ketones (excluding diaryl/α,β-unsaturated/α-hetero) is 1. The Bertz CT molecular complexity index is 1090. The molecule has 0 radical (unpaired) electrons. The number of pyridine rings is 2. The number of hydrogen-bond donors (Lipinski definition) is 1. The summed E-state index contributed by atoms with van der Waals surface area (Å²) >= 11 is 1.86. The van der Waals surface area contributed by atoms with Crippen molar-refractivity contribution in [2.24, 2.45) is 0 Å². The van der Waals surface area contributed by atoms with E-state index in [1.165, 1.54) is 6.92 Å². The highest BCUT2D eigenvalue weighted by molar-refractivity contribution is 7.99. The summed E-state index contributed by atoms with van der Waals surface area (Å²) < 4.78 is 0. The lowest BCUT2D eigenvalue weighted by Crippen LogP contribution is -2.38. The highest BCUT2D eigenvalue weighted by Gasteiger charge is 2.23. The van der Waals surface area contributed by atoms with Gasteiger partial charge in [0.25, 0.3) is 5.91 Å². The fourth-order valence-electron chi connectivity index (χ4n) is 3.37. The Balaban J connectivity index is 1.81. The van der Waals surface area contributed by atoms with Crippen molar-refractivity contribution in [2.75, 3.05) is 29.9 Å². The van der Waals surface area contributed by atoms with E-state index in [0.717, 1.165) is 41.4 Å². The van der Waals surface area contributed by atoms with Gasteiger partial charge in [-0.3, -0.25) is 9.59 Å². The quantitative estimate of drug-likeness (QED) is 0.658. The number of rotatable bonds is 4. The smallest absolute Gasteiger partial charge is 0.257 e. The Morgan fingerprint density at radius 1 is 1.14 bits per heavy atom. The summed E-state index contributed by atoms with van der Waals surface area (Å²) in [6.45, 7) is 4.91. The van der Waals surface area contributed by atoms with E-state index in [4.69, 9.17) is 0 Å². The molecule has 2 aromatic heterocycles. The Labute approximate surface area is 173 Å². The van der Waals surface area contributed by atoms with Crippen LogP contribution in [0.25, 0.3) is 11.0 Å². The molecule has 1 aliphatic heterocycles. The van der Waals surface area contributed by atoms with Crippen molar-refractivity contribution in [3.8, 4) is 0 Å². The largest absolute Gasteiger partial charge is 0.354 e. The molecule has 0 aliphatic carbocycles. The van der Waals surface area contributed by atoms with Gasteiger partial charge in [0.15, 0.2) is 11.4 Å². The Hall–Kier alpha value is -2.93. The van der Waals surface area contributed by atoms with E-state index < -0.39 is 0 Å². The van der Waals surface area contributed by atoms with E-state index in [9.17, 15) is 9.59 Å². The lowest BCUT2D eigenvalue weighted by Gasteiger charge is -2.27. The summed E-state index contributed by atoms with van der Waals surface area (Å²) in [5.41, 5.74) is 4.00. The molecule has 4 rings (SSSR count). The lowest BCUT2D eigenvalue weighted by atomic mass is 10.1. The second-order valence-electron chi connectivity index (χ2n) is 7.04. The van der Waals surface area contributed by atoms with Crippen molar-refractivity contribution in [3.63, 3.8) is 0 Å². The molecule has 29 heavy (non-hydrogen) atoms. The van der Waals surface area contributed by atoms with Crippen LogP contribution >= 0.6 is 11.8 Å². The van der Waals surface area contributed by atoms with E-state index in [1.54, 1.807) is 18.3 Å². The minimum absolute atomic E-state index is 0.00681. The predicted molar refractivity (Wildman–Crippen MR) is 117 cm³/mol. The number of benzene rings is 1. The zero-order valence-electron chi connectivity index (χ0n) is 16.4. The van der Waals surface area contributed by atoms with Gasteiger partial charge in [0.2, 0.25) is 0 Å². The number of thioether (sulfide) groups is 1. The first-order chi connectivity index (χ1) is 14.0. The van der Waals surface area contributed by atoms with Crippen LogP contribution in [0.5, 0.6) is 0 Å². The van der Waals surface area contributed by atoms with Crippen LogP contribution in [-0.4, -0.2) is 51.2 Å². The van der Waals surface area contributed by atoms with Crippen LogP contribution < -0.4 is 5.32 Å². The maximum atomic E-state index is 13.3. The van der Waals surface area contributed by atoms with Gasteiger partial charge in [-0.1, -0.05) is 12.1 Å². The average Bonchev–Trinajstić information content (AvgIpc) is 2.74. The van der Waals surface area contributed by atoms with Gasteiger partial charge in [0.05, 0.1) is 11.3 Å². The minimum Gasteiger partial charge on any atom is -0.354 e. The summed E-state index contributed by atoms with van der Waals surface area (Å²) in [5, 5.41) is 4.14. The third kappa shape index (κ3) is 4.10. The lowest BCUT2D eigenvalue weighted by molar-refractivity contribution is 0.0773. The summed E-state index contributed by atoms with van der Waals surface area (Å²) in [4.78, 5) is 35.9. The number of aryl methyl sites for hydroxylation is 1. The second kappa shape index (κ2) is 8.21. The monoisotopic (exact) mass is 406 g/mol. The number of amides is 1. The number of nitrogens with one attached hydrogen (secondary N) is 1. The van der Waals surface area contributed by atoms with Crippen LogP contribution in [0.15, 0.2) is 42.6 Å². The van der Waals surface area contributed by atoms with E-state index >= 15 is 0 Å². The van der Waals surface area contributed by atoms with E-state index in [2.05, 4.69) is 15.3 Å². The van der Waals surface area contributed by atoms with E-state index in [-0.39, 0.29) is 11.7 Å². The first kappa shape index (κ1) is 19.4. The topological polar surface area (TPSA) is 75.2 Å². The van der Waals surface area contributed by atoms with Gasteiger partial charge in [-0.05, 0) is 38.1 Å². The molecule has 148 valence electrons. The molecule has 0 spiro atoms. The summed E-state index contributed by atoms with van der Waals surface area (Å²) in [5.74, 6) is 1.84. The van der Waals surface area contributed by atoms with Crippen molar-refractivity contribution >= 4 is 45.9 Å². The molecule has 1 aliphatic rings. The fourth-order valence-corrected chi connectivity index (χ4v) is 4.27. The second-order valence-corrected chi connectivity index (χ2v) is 8.26. The molecule has 0 unspecified atom stereocenters. The SMILES string of the molecule is CC(=O)c1cccc(Nc2c(C(=O)N3CCSCC3)cnc3nc(C)ccc23)c1. The number of carbonyl (C=O) groups excluding carboxylic acids is 2. The average molecular weight is 407 g/mol. The number of carbonyl (C=O) groups is 2. The van der Waals surface area contributed by atoms with Crippen molar-refractivity contribution < 1.29 is 9.59 Å². The number of anilines is 2. The van der Waals surface area contributed by atoms with Gasteiger partial charge < -0.3 is 10.2 Å². The van der Waals surface area contributed by atoms with Crippen molar-refractivity contribution in [2.45, 2.75) is 13.8 Å². The van der Waals surface area contributed by atoms with Gasteiger partial charge in [-0.25, -0.2) is 9.97 Å². The van der Waals surface area contributed by atoms with Gasteiger partial charge >= 0.3 is 0 Å². The molecule has 1 saturated heterocycles. The molecule has 0 bridgehead atoms. The first-order valence-corrected chi connectivity index (χ1v) is 10.7. The molecule has 1 amide bonds. The van der Waals surface area contributed by atoms with Gasteiger partial charge in [0, 0.05) is 53.1 Å². The molecule has 1 N–H and O–H groups in total. The summed E-state index contributed by atoms with van der Waals surface area (Å²) in [6.07, 6.45) is 1.61. The summed E-state index contributed by atoms with van der Waals surface area (Å²) in [7, 11) is 0. The standard InChI is InChI=1S/C22H22N4O2S/c1-14-6-7-18-20(25-17-5-3-4-16(12-17)15(2)27)19(13-23-21(18)24-14)22(28)26-8-10-29-11-9-26/h3-7,12-13H,8-11H2,1-2H3,(H,23,24,25). The maximum Gasteiger partial charge on any atom is 0.257 e. The molecule has 1 aromatic carbocycles. The molecule has 3 heterocycles. The number of fused-ring (bicyclic) bond motifs is 1. The fraction of sp³-hybridized carbons (Fsp3) is 0.273. The zero-order valence-corrected chi connectivity index (χ0v) is 17.3.